The minimum Gasteiger partial charge on any atom is -0.472 e. The SMILES string of the molecule is Nc1nc(NCc2ccoc2)c(Cl)cc1Cl. The fourth-order valence-corrected chi connectivity index (χ4v) is 1.61. The van der Waals surface area contributed by atoms with Crippen molar-refractivity contribution in [1.29, 1.82) is 0 Å². The highest BCUT2D eigenvalue weighted by Gasteiger charge is 2.06. The summed E-state index contributed by atoms with van der Waals surface area (Å²) in [5.74, 6) is 0.755. The summed E-state index contributed by atoms with van der Waals surface area (Å²) in [4.78, 5) is 4.04. The smallest absolute Gasteiger partial charge is 0.147 e. The van der Waals surface area contributed by atoms with Crippen molar-refractivity contribution in [2.24, 2.45) is 0 Å². The first kappa shape index (κ1) is 11.1. The first-order valence-corrected chi connectivity index (χ1v) is 5.29. The van der Waals surface area contributed by atoms with Gasteiger partial charge in [-0.15, -0.1) is 0 Å². The van der Waals surface area contributed by atoms with Gasteiger partial charge in [-0.3, -0.25) is 0 Å². The summed E-state index contributed by atoms with van der Waals surface area (Å²) in [5.41, 5.74) is 6.57. The molecule has 0 unspecified atom stereocenters. The average Bonchev–Trinajstić information content (AvgIpc) is 2.74. The third-order valence-electron chi connectivity index (χ3n) is 2.00. The Morgan fingerprint density at radius 3 is 2.88 bits per heavy atom. The van der Waals surface area contributed by atoms with Crippen LogP contribution in [0, 0.1) is 0 Å². The standard InChI is InChI=1S/C10H9Cl2N3O/c11-7-3-8(12)10(15-9(7)13)14-4-6-1-2-16-5-6/h1-3,5H,4H2,(H3,13,14,15). The first-order valence-electron chi connectivity index (χ1n) is 4.53. The summed E-state index contributed by atoms with van der Waals surface area (Å²) in [6, 6.07) is 3.41. The van der Waals surface area contributed by atoms with Crippen LogP contribution in [-0.2, 0) is 6.54 Å². The predicted octanol–water partition coefficient (Wildman–Crippen LogP) is 3.18. The molecular formula is C10H9Cl2N3O. The Hall–Kier alpha value is -1.39. The van der Waals surface area contributed by atoms with Gasteiger partial charge in [0.25, 0.3) is 0 Å². The molecule has 0 aromatic carbocycles. The number of nitrogens with zero attached hydrogens (tertiary/aromatic N) is 1. The second kappa shape index (κ2) is 4.63. The van der Waals surface area contributed by atoms with Gasteiger partial charge >= 0.3 is 0 Å². The van der Waals surface area contributed by atoms with Crippen LogP contribution in [0.3, 0.4) is 0 Å². The molecule has 0 aliphatic carbocycles. The monoisotopic (exact) mass is 257 g/mol. The van der Waals surface area contributed by atoms with Crippen molar-refractivity contribution in [3.63, 3.8) is 0 Å². The molecule has 0 amide bonds. The molecule has 0 bridgehead atoms. The Bertz CT molecular complexity index is 485. The van der Waals surface area contributed by atoms with Crippen LogP contribution in [0.2, 0.25) is 10.0 Å². The molecule has 16 heavy (non-hydrogen) atoms. The molecule has 0 aliphatic rings. The zero-order chi connectivity index (χ0) is 11.5. The summed E-state index contributed by atoms with van der Waals surface area (Å²) in [7, 11) is 0. The lowest BCUT2D eigenvalue weighted by Gasteiger charge is -2.07. The number of aromatic nitrogens is 1. The Morgan fingerprint density at radius 2 is 2.19 bits per heavy atom. The van der Waals surface area contributed by atoms with Crippen LogP contribution in [0.15, 0.2) is 29.1 Å². The third kappa shape index (κ3) is 2.40. The summed E-state index contributed by atoms with van der Waals surface area (Å²) in [6.07, 6.45) is 3.24. The second-order valence-corrected chi connectivity index (χ2v) is 3.99. The van der Waals surface area contributed by atoms with Crippen molar-refractivity contribution >= 4 is 34.8 Å². The molecule has 2 heterocycles. The van der Waals surface area contributed by atoms with E-state index in [2.05, 4.69) is 10.3 Å². The Balaban J connectivity index is 2.12. The minimum atomic E-state index is 0.251. The van der Waals surface area contributed by atoms with E-state index >= 15 is 0 Å². The zero-order valence-electron chi connectivity index (χ0n) is 8.21. The summed E-state index contributed by atoms with van der Waals surface area (Å²) >= 11 is 11.7. The van der Waals surface area contributed by atoms with E-state index in [0.29, 0.717) is 22.4 Å². The fourth-order valence-electron chi connectivity index (χ4n) is 1.18. The highest BCUT2D eigenvalue weighted by Crippen LogP contribution is 2.27. The van der Waals surface area contributed by atoms with Crippen molar-refractivity contribution in [2.75, 3.05) is 11.1 Å². The molecule has 0 aliphatic heterocycles. The van der Waals surface area contributed by atoms with E-state index in [9.17, 15) is 0 Å². The van der Waals surface area contributed by atoms with Crippen LogP contribution in [0.4, 0.5) is 11.6 Å². The maximum Gasteiger partial charge on any atom is 0.147 e. The van der Waals surface area contributed by atoms with E-state index in [4.69, 9.17) is 33.4 Å². The zero-order valence-corrected chi connectivity index (χ0v) is 9.72. The number of nitrogen functional groups attached to an aromatic ring is 1. The fraction of sp³-hybridized carbons (Fsp3) is 0.100. The normalized spacial score (nSPS) is 10.4. The van der Waals surface area contributed by atoms with E-state index in [1.165, 1.54) is 0 Å². The minimum absolute atomic E-state index is 0.251. The second-order valence-electron chi connectivity index (χ2n) is 3.17. The summed E-state index contributed by atoms with van der Waals surface area (Å²) in [5, 5.41) is 3.82. The number of anilines is 2. The summed E-state index contributed by atoms with van der Waals surface area (Å²) in [6.45, 7) is 0.560. The molecule has 0 saturated carbocycles. The van der Waals surface area contributed by atoms with Crippen LogP contribution < -0.4 is 11.1 Å². The molecule has 4 nitrogen and oxygen atoms in total. The van der Waals surface area contributed by atoms with E-state index < -0.39 is 0 Å². The number of pyridine rings is 1. The van der Waals surface area contributed by atoms with Gasteiger partial charge in [0.2, 0.25) is 0 Å². The van der Waals surface area contributed by atoms with Crippen molar-refractivity contribution < 1.29 is 4.42 Å². The van der Waals surface area contributed by atoms with Gasteiger partial charge in [-0.05, 0) is 12.1 Å². The van der Waals surface area contributed by atoms with Gasteiger partial charge in [-0.2, -0.15) is 0 Å². The van der Waals surface area contributed by atoms with Crippen LogP contribution in [-0.4, -0.2) is 4.98 Å². The molecule has 3 N–H and O–H groups in total. The molecular weight excluding hydrogens is 249 g/mol. The third-order valence-corrected chi connectivity index (χ3v) is 2.59. The van der Waals surface area contributed by atoms with E-state index in [-0.39, 0.29) is 5.82 Å². The van der Waals surface area contributed by atoms with Crippen LogP contribution in [0.25, 0.3) is 0 Å². The number of halogens is 2. The van der Waals surface area contributed by atoms with Crippen molar-refractivity contribution in [3.05, 3.63) is 40.3 Å². The predicted molar refractivity (Wildman–Crippen MR) is 64.7 cm³/mol. The van der Waals surface area contributed by atoms with Gasteiger partial charge < -0.3 is 15.5 Å². The number of hydrogen-bond acceptors (Lipinski definition) is 4. The van der Waals surface area contributed by atoms with Gasteiger partial charge in [-0.25, -0.2) is 4.98 Å². The van der Waals surface area contributed by atoms with Gasteiger partial charge in [-0.1, -0.05) is 23.2 Å². The van der Waals surface area contributed by atoms with Gasteiger partial charge in [0.15, 0.2) is 0 Å². The Labute approximate surface area is 102 Å². The molecule has 2 aromatic heterocycles. The van der Waals surface area contributed by atoms with Crippen molar-refractivity contribution in [3.8, 4) is 0 Å². The molecule has 0 saturated heterocycles. The lowest BCUT2D eigenvalue weighted by Crippen LogP contribution is -2.03. The molecule has 2 rings (SSSR count). The molecule has 0 fully saturated rings. The lowest BCUT2D eigenvalue weighted by molar-refractivity contribution is 0.564. The van der Waals surface area contributed by atoms with Crippen LogP contribution >= 0.6 is 23.2 Å². The summed E-state index contributed by atoms with van der Waals surface area (Å²) < 4.78 is 4.94. The van der Waals surface area contributed by atoms with E-state index in [0.717, 1.165) is 5.56 Å². The maximum absolute atomic E-state index is 5.95. The Morgan fingerprint density at radius 1 is 1.38 bits per heavy atom. The highest BCUT2D eigenvalue weighted by molar-refractivity contribution is 6.37. The highest BCUT2D eigenvalue weighted by atomic mass is 35.5. The Kier molecular flexibility index (Phi) is 3.22. The van der Waals surface area contributed by atoms with Crippen LogP contribution in [0.5, 0.6) is 0 Å². The van der Waals surface area contributed by atoms with Gasteiger partial charge in [0.1, 0.15) is 11.6 Å². The van der Waals surface area contributed by atoms with E-state index in [1.54, 1.807) is 18.6 Å². The molecule has 6 heteroatoms. The van der Waals surface area contributed by atoms with Gasteiger partial charge in [0.05, 0.1) is 22.6 Å². The van der Waals surface area contributed by atoms with Crippen LogP contribution in [0.1, 0.15) is 5.56 Å². The van der Waals surface area contributed by atoms with Crippen molar-refractivity contribution in [2.45, 2.75) is 6.54 Å². The van der Waals surface area contributed by atoms with E-state index in [1.807, 2.05) is 6.07 Å². The number of furan rings is 1. The largest absolute Gasteiger partial charge is 0.472 e. The average molecular weight is 258 g/mol. The van der Waals surface area contributed by atoms with Crippen molar-refractivity contribution in [1.82, 2.24) is 4.98 Å². The molecule has 0 spiro atoms. The number of rotatable bonds is 3. The quantitative estimate of drug-likeness (QED) is 0.887. The number of nitrogens with two attached hydrogens (primary N) is 1. The first-order chi connectivity index (χ1) is 7.66. The maximum atomic E-state index is 5.95. The molecule has 2 aromatic rings. The molecule has 84 valence electrons. The molecule has 0 atom stereocenters. The molecule has 0 radical (unpaired) electrons. The number of nitrogens with one attached hydrogen (secondary N) is 1. The van der Waals surface area contributed by atoms with Gasteiger partial charge in [0, 0.05) is 12.1 Å². The topological polar surface area (TPSA) is 64.1 Å². The lowest BCUT2D eigenvalue weighted by atomic mass is 10.3. The number of hydrogen-bond donors (Lipinski definition) is 2.